The molecule has 1 heterocycles. The number of unbranched alkanes of at least 4 members (excludes halogenated alkanes) is 8. The van der Waals surface area contributed by atoms with Crippen LogP contribution in [0.15, 0.2) is 0 Å². The van der Waals surface area contributed by atoms with Crippen LogP contribution < -0.4 is 0 Å². The monoisotopic (exact) mass is 282 g/mol. The Balaban J connectivity index is 1.91. The molecule has 0 unspecified atom stereocenters. The van der Waals surface area contributed by atoms with Crippen molar-refractivity contribution < 1.29 is 0 Å². The fourth-order valence-electron chi connectivity index (χ4n) is 3.11. The van der Waals surface area contributed by atoms with Gasteiger partial charge in [-0.3, -0.25) is 0 Å². The molecule has 0 amide bonds. The number of piperazine rings is 1. The Bertz CT molecular complexity index is 176. The zero-order valence-electron chi connectivity index (χ0n) is 14.2. The molecule has 0 aromatic carbocycles. The highest BCUT2D eigenvalue weighted by Crippen LogP contribution is 2.09. The van der Waals surface area contributed by atoms with Gasteiger partial charge in [0.25, 0.3) is 0 Å². The van der Waals surface area contributed by atoms with Crippen LogP contribution in [-0.4, -0.2) is 49.1 Å². The van der Waals surface area contributed by atoms with Gasteiger partial charge in [-0.25, -0.2) is 0 Å². The highest BCUT2D eigenvalue weighted by atomic mass is 15.3. The van der Waals surface area contributed by atoms with Crippen molar-refractivity contribution in [3.63, 3.8) is 0 Å². The molecule has 0 aliphatic carbocycles. The molecule has 0 saturated carbocycles. The molecule has 1 saturated heterocycles. The van der Waals surface area contributed by atoms with Crippen LogP contribution in [0.1, 0.15) is 78.1 Å². The molecule has 20 heavy (non-hydrogen) atoms. The van der Waals surface area contributed by atoms with Gasteiger partial charge >= 0.3 is 0 Å². The topological polar surface area (TPSA) is 6.48 Å². The van der Waals surface area contributed by atoms with Gasteiger partial charge in [0.05, 0.1) is 0 Å². The maximum atomic E-state index is 2.68. The largest absolute Gasteiger partial charge is 0.301 e. The molecule has 1 rings (SSSR count). The Labute approximate surface area is 127 Å². The van der Waals surface area contributed by atoms with Gasteiger partial charge < -0.3 is 9.80 Å². The summed E-state index contributed by atoms with van der Waals surface area (Å²) in [6.45, 7) is 12.5. The standard InChI is InChI=1S/C18H38N2/c1-3-5-7-9-11-13-19-15-17-20(18-16-19)14-12-10-8-6-4-2/h3-18H2,1-2H3. The van der Waals surface area contributed by atoms with Gasteiger partial charge in [0.1, 0.15) is 0 Å². The summed E-state index contributed by atoms with van der Waals surface area (Å²) in [5, 5.41) is 0. The number of rotatable bonds is 12. The maximum absolute atomic E-state index is 2.68. The van der Waals surface area contributed by atoms with Crippen molar-refractivity contribution in [3.8, 4) is 0 Å². The fourth-order valence-corrected chi connectivity index (χ4v) is 3.11. The maximum Gasteiger partial charge on any atom is 0.0110 e. The summed E-state index contributed by atoms with van der Waals surface area (Å²) in [5.41, 5.74) is 0. The predicted octanol–water partition coefficient (Wildman–Crippen LogP) is 4.54. The van der Waals surface area contributed by atoms with Crippen LogP contribution in [0.3, 0.4) is 0 Å². The van der Waals surface area contributed by atoms with Gasteiger partial charge in [0.2, 0.25) is 0 Å². The van der Waals surface area contributed by atoms with Crippen LogP contribution in [0.5, 0.6) is 0 Å². The summed E-state index contributed by atoms with van der Waals surface area (Å²) in [4.78, 5) is 5.36. The first-order valence-corrected chi connectivity index (χ1v) is 9.31. The Morgan fingerprint density at radius 3 is 1.20 bits per heavy atom. The van der Waals surface area contributed by atoms with E-state index in [1.54, 1.807) is 0 Å². The Morgan fingerprint density at radius 1 is 0.500 bits per heavy atom. The van der Waals surface area contributed by atoms with Crippen molar-refractivity contribution in [1.29, 1.82) is 0 Å². The van der Waals surface area contributed by atoms with E-state index in [4.69, 9.17) is 0 Å². The molecule has 2 heteroatoms. The van der Waals surface area contributed by atoms with E-state index in [2.05, 4.69) is 23.6 Å². The second-order valence-electron chi connectivity index (χ2n) is 6.51. The predicted molar refractivity (Wildman–Crippen MR) is 90.4 cm³/mol. The van der Waals surface area contributed by atoms with Gasteiger partial charge in [0.15, 0.2) is 0 Å². The van der Waals surface area contributed by atoms with Crippen LogP contribution in [-0.2, 0) is 0 Å². The molecule has 0 N–H and O–H groups in total. The molecular weight excluding hydrogens is 244 g/mol. The Hall–Kier alpha value is -0.0800. The molecule has 0 bridgehead atoms. The van der Waals surface area contributed by atoms with E-state index in [1.807, 2.05) is 0 Å². The second-order valence-corrected chi connectivity index (χ2v) is 6.51. The smallest absolute Gasteiger partial charge is 0.0110 e. The minimum atomic E-state index is 1.31. The lowest BCUT2D eigenvalue weighted by molar-refractivity contribution is 0.129. The summed E-state index contributed by atoms with van der Waals surface area (Å²) < 4.78 is 0. The minimum Gasteiger partial charge on any atom is -0.301 e. The van der Waals surface area contributed by atoms with Crippen molar-refractivity contribution in [2.75, 3.05) is 39.3 Å². The molecule has 1 aliphatic rings. The van der Waals surface area contributed by atoms with Gasteiger partial charge in [-0.15, -0.1) is 0 Å². The Morgan fingerprint density at radius 2 is 0.850 bits per heavy atom. The third-order valence-electron chi connectivity index (χ3n) is 4.62. The van der Waals surface area contributed by atoms with Gasteiger partial charge in [0, 0.05) is 26.2 Å². The van der Waals surface area contributed by atoms with E-state index >= 15 is 0 Å². The first kappa shape index (κ1) is 18.0. The Kier molecular flexibility index (Phi) is 11.4. The molecule has 1 fully saturated rings. The molecule has 0 atom stereocenters. The van der Waals surface area contributed by atoms with E-state index in [9.17, 15) is 0 Å². The van der Waals surface area contributed by atoms with Crippen LogP contribution in [0, 0.1) is 0 Å². The van der Waals surface area contributed by atoms with Crippen LogP contribution in [0.2, 0.25) is 0 Å². The summed E-state index contributed by atoms with van der Waals surface area (Å²) in [5.74, 6) is 0. The molecule has 2 nitrogen and oxygen atoms in total. The number of nitrogens with zero attached hydrogens (tertiary/aromatic N) is 2. The van der Waals surface area contributed by atoms with Crippen molar-refractivity contribution in [3.05, 3.63) is 0 Å². The van der Waals surface area contributed by atoms with Crippen LogP contribution in [0.4, 0.5) is 0 Å². The molecule has 0 radical (unpaired) electrons. The van der Waals surface area contributed by atoms with E-state index < -0.39 is 0 Å². The first-order valence-electron chi connectivity index (χ1n) is 9.31. The summed E-state index contributed by atoms with van der Waals surface area (Å²) in [6, 6.07) is 0. The van der Waals surface area contributed by atoms with Gasteiger partial charge in [-0.05, 0) is 25.9 Å². The molecule has 0 spiro atoms. The lowest BCUT2D eigenvalue weighted by atomic mass is 10.1. The van der Waals surface area contributed by atoms with Crippen molar-refractivity contribution in [2.45, 2.75) is 78.1 Å². The summed E-state index contributed by atoms with van der Waals surface area (Å²) >= 11 is 0. The molecule has 0 aromatic heterocycles. The SMILES string of the molecule is CCCCCCCN1CCN(CCCCCCC)CC1. The van der Waals surface area contributed by atoms with Gasteiger partial charge in [-0.2, -0.15) is 0 Å². The van der Waals surface area contributed by atoms with Crippen molar-refractivity contribution in [2.24, 2.45) is 0 Å². The third kappa shape index (κ3) is 8.97. The van der Waals surface area contributed by atoms with E-state index in [1.165, 1.54) is 103 Å². The normalized spacial score (nSPS) is 17.7. The number of hydrogen-bond donors (Lipinski definition) is 0. The minimum absolute atomic E-state index is 1.31. The third-order valence-corrected chi connectivity index (χ3v) is 4.62. The van der Waals surface area contributed by atoms with Crippen LogP contribution in [0.25, 0.3) is 0 Å². The lowest BCUT2D eigenvalue weighted by Gasteiger charge is -2.34. The molecule has 120 valence electrons. The number of hydrogen-bond acceptors (Lipinski definition) is 2. The zero-order chi connectivity index (χ0) is 14.5. The highest BCUT2D eigenvalue weighted by molar-refractivity contribution is 4.71. The first-order chi connectivity index (χ1) is 9.86. The van der Waals surface area contributed by atoms with E-state index in [0.29, 0.717) is 0 Å². The second kappa shape index (κ2) is 12.6. The fraction of sp³-hybridized carbons (Fsp3) is 1.00. The van der Waals surface area contributed by atoms with Crippen LogP contribution >= 0.6 is 0 Å². The average Bonchev–Trinajstić information content (AvgIpc) is 2.48. The lowest BCUT2D eigenvalue weighted by Crippen LogP contribution is -2.46. The summed E-state index contributed by atoms with van der Waals surface area (Å²) in [7, 11) is 0. The molecule has 1 aliphatic heterocycles. The van der Waals surface area contributed by atoms with Crippen molar-refractivity contribution in [1.82, 2.24) is 9.80 Å². The van der Waals surface area contributed by atoms with E-state index in [-0.39, 0.29) is 0 Å². The zero-order valence-corrected chi connectivity index (χ0v) is 14.2. The van der Waals surface area contributed by atoms with E-state index in [0.717, 1.165) is 0 Å². The highest BCUT2D eigenvalue weighted by Gasteiger charge is 2.15. The van der Waals surface area contributed by atoms with Crippen molar-refractivity contribution >= 4 is 0 Å². The van der Waals surface area contributed by atoms with Gasteiger partial charge in [-0.1, -0.05) is 65.2 Å². The quantitative estimate of drug-likeness (QED) is 0.485. The molecule has 0 aromatic rings. The average molecular weight is 283 g/mol. The molecular formula is C18H38N2. The summed E-state index contributed by atoms with van der Waals surface area (Å²) in [6.07, 6.45) is 14.1.